The van der Waals surface area contributed by atoms with Crippen molar-refractivity contribution in [2.75, 3.05) is 18.5 Å². The molecule has 164 valence electrons. The molecule has 0 bridgehead atoms. The highest BCUT2D eigenvalue weighted by atomic mass is 32.1. The van der Waals surface area contributed by atoms with Crippen LogP contribution >= 0.6 is 11.3 Å². The largest absolute Gasteiger partial charge is 0.481 e. The van der Waals surface area contributed by atoms with E-state index >= 15 is 0 Å². The van der Waals surface area contributed by atoms with E-state index in [2.05, 4.69) is 27.8 Å². The number of carboxylic acid groups (broad SMARTS) is 1. The van der Waals surface area contributed by atoms with Crippen LogP contribution in [0, 0.1) is 5.92 Å². The van der Waals surface area contributed by atoms with Crippen molar-refractivity contribution in [1.29, 1.82) is 0 Å². The van der Waals surface area contributed by atoms with Crippen molar-refractivity contribution < 1.29 is 24.2 Å². The molecule has 0 saturated heterocycles. The number of thiazole rings is 1. The van der Waals surface area contributed by atoms with Crippen molar-refractivity contribution >= 4 is 34.4 Å². The Morgan fingerprint density at radius 2 is 1.72 bits per heavy atom. The first-order valence-corrected chi connectivity index (χ1v) is 10.9. The number of carboxylic acids is 1. The maximum atomic E-state index is 12.3. The fraction of sp³-hybridized carbons (Fsp3) is 0.217. The Bertz CT molecular complexity index is 1130. The minimum atomic E-state index is -0.999. The van der Waals surface area contributed by atoms with Gasteiger partial charge in [-0.1, -0.05) is 55.5 Å². The number of rotatable bonds is 7. The Labute approximate surface area is 188 Å². The second-order valence-corrected chi connectivity index (χ2v) is 8.30. The van der Waals surface area contributed by atoms with E-state index in [0.29, 0.717) is 0 Å². The third-order valence-corrected chi connectivity index (χ3v) is 6.04. The van der Waals surface area contributed by atoms with Gasteiger partial charge >= 0.3 is 12.1 Å². The van der Waals surface area contributed by atoms with Crippen molar-refractivity contribution in [2.24, 2.45) is 5.92 Å². The van der Waals surface area contributed by atoms with Crippen molar-refractivity contribution in [3.05, 3.63) is 70.7 Å². The van der Waals surface area contributed by atoms with Gasteiger partial charge in [-0.3, -0.25) is 14.9 Å². The first-order valence-electron chi connectivity index (χ1n) is 10.0. The SMILES string of the molecule is CC(CNC(=O)c1csc(NC(=O)OCC2c3ccccc3-c3ccccc32)n1)C(=O)O. The molecule has 1 aliphatic carbocycles. The molecule has 4 rings (SSSR count). The van der Waals surface area contributed by atoms with E-state index < -0.39 is 23.9 Å². The summed E-state index contributed by atoms with van der Waals surface area (Å²) < 4.78 is 5.47. The monoisotopic (exact) mass is 451 g/mol. The number of anilines is 1. The summed E-state index contributed by atoms with van der Waals surface area (Å²) in [4.78, 5) is 39.3. The van der Waals surface area contributed by atoms with Gasteiger partial charge in [-0.05, 0) is 22.3 Å². The van der Waals surface area contributed by atoms with Gasteiger partial charge in [0.15, 0.2) is 5.13 Å². The zero-order chi connectivity index (χ0) is 22.7. The number of aromatic nitrogens is 1. The first kappa shape index (κ1) is 21.5. The Morgan fingerprint density at radius 3 is 2.34 bits per heavy atom. The number of fused-ring (bicyclic) bond motifs is 3. The molecule has 1 aromatic heterocycles. The molecule has 32 heavy (non-hydrogen) atoms. The lowest BCUT2D eigenvalue weighted by molar-refractivity contribution is -0.140. The molecular formula is C23H21N3O5S. The summed E-state index contributed by atoms with van der Waals surface area (Å²) in [5, 5.41) is 15.6. The number of nitrogens with zero attached hydrogens (tertiary/aromatic N) is 1. The van der Waals surface area contributed by atoms with Gasteiger partial charge in [0.05, 0.1) is 5.92 Å². The molecule has 9 heteroatoms. The van der Waals surface area contributed by atoms with Crippen molar-refractivity contribution in [3.63, 3.8) is 0 Å². The molecule has 0 spiro atoms. The quantitative estimate of drug-likeness (QED) is 0.501. The number of carbonyl (C=O) groups excluding carboxylic acids is 2. The molecule has 8 nitrogen and oxygen atoms in total. The Kier molecular flexibility index (Phi) is 6.18. The highest BCUT2D eigenvalue weighted by Gasteiger charge is 2.29. The second-order valence-electron chi connectivity index (χ2n) is 7.44. The molecule has 0 fully saturated rings. The zero-order valence-corrected chi connectivity index (χ0v) is 18.0. The lowest BCUT2D eigenvalue weighted by Gasteiger charge is -2.14. The molecule has 0 aliphatic heterocycles. The predicted molar refractivity (Wildman–Crippen MR) is 120 cm³/mol. The molecule has 2 amide bonds. The van der Waals surface area contributed by atoms with Crippen LogP contribution < -0.4 is 10.6 Å². The minimum absolute atomic E-state index is 0.0131. The summed E-state index contributed by atoms with van der Waals surface area (Å²) in [5.41, 5.74) is 4.62. The van der Waals surface area contributed by atoms with Gasteiger partial charge < -0.3 is 15.2 Å². The number of hydrogen-bond acceptors (Lipinski definition) is 6. The van der Waals surface area contributed by atoms with Gasteiger partial charge in [-0.2, -0.15) is 0 Å². The van der Waals surface area contributed by atoms with Gasteiger partial charge in [0.25, 0.3) is 5.91 Å². The van der Waals surface area contributed by atoms with Crippen molar-refractivity contribution in [1.82, 2.24) is 10.3 Å². The summed E-state index contributed by atoms with van der Waals surface area (Å²) in [5.74, 6) is -2.27. The summed E-state index contributed by atoms with van der Waals surface area (Å²) in [6.45, 7) is 1.65. The van der Waals surface area contributed by atoms with Crippen LogP contribution in [0.1, 0.15) is 34.5 Å². The normalized spacial score (nSPS) is 13.0. The highest BCUT2D eigenvalue weighted by molar-refractivity contribution is 7.14. The molecule has 1 heterocycles. The van der Waals surface area contributed by atoms with E-state index in [9.17, 15) is 14.4 Å². The van der Waals surface area contributed by atoms with E-state index in [4.69, 9.17) is 9.84 Å². The minimum Gasteiger partial charge on any atom is -0.481 e. The van der Waals surface area contributed by atoms with Crippen LogP contribution in [-0.4, -0.2) is 41.2 Å². The van der Waals surface area contributed by atoms with E-state index in [1.165, 1.54) is 12.3 Å². The van der Waals surface area contributed by atoms with Crippen LogP contribution in [0.4, 0.5) is 9.93 Å². The number of aliphatic carboxylic acids is 1. The molecular weight excluding hydrogens is 430 g/mol. The number of carbonyl (C=O) groups is 3. The third-order valence-electron chi connectivity index (χ3n) is 5.28. The number of benzene rings is 2. The third kappa shape index (κ3) is 4.47. The molecule has 0 radical (unpaired) electrons. The van der Waals surface area contributed by atoms with Gasteiger partial charge in [0.1, 0.15) is 12.3 Å². The molecule has 0 saturated carbocycles. The Morgan fingerprint density at radius 1 is 1.09 bits per heavy atom. The Balaban J connectivity index is 1.34. The molecule has 3 N–H and O–H groups in total. The molecule has 1 aliphatic rings. The van der Waals surface area contributed by atoms with E-state index in [0.717, 1.165) is 33.6 Å². The van der Waals surface area contributed by atoms with Gasteiger partial charge in [-0.15, -0.1) is 11.3 Å². The summed E-state index contributed by atoms with van der Waals surface area (Å²) in [7, 11) is 0. The number of ether oxygens (including phenoxy) is 1. The van der Waals surface area contributed by atoms with Crippen LogP contribution in [0.3, 0.4) is 0 Å². The molecule has 3 aromatic rings. The first-order chi connectivity index (χ1) is 15.4. The number of hydrogen-bond donors (Lipinski definition) is 3. The number of nitrogens with one attached hydrogen (secondary N) is 2. The van der Waals surface area contributed by atoms with Crippen LogP contribution in [-0.2, 0) is 9.53 Å². The van der Waals surface area contributed by atoms with Crippen LogP contribution in [0.15, 0.2) is 53.9 Å². The lowest BCUT2D eigenvalue weighted by Crippen LogP contribution is -2.31. The predicted octanol–water partition coefficient (Wildman–Crippen LogP) is 3.95. The lowest BCUT2D eigenvalue weighted by atomic mass is 9.98. The van der Waals surface area contributed by atoms with Gasteiger partial charge in [0, 0.05) is 17.8 Å². The Hall–Kier alpha value is -3.72. The fourth-order valence-corrected chi connectivity index (χ4v) is 4.26. The maximum absolute atomic E-state index is 12.3. The maximum Gasteiger partial charge on any atom is 0.413 e. The van der Waals surface area contributed by atoms with Gasteiger partial charge in [0.2, 0.25) is 0 Å². The molecule has 1 unspecified atom stereocenters. The van der Waals surface area contributed by atoms with Crippen LogP contribution in [0.2, 0.25) is 0 Å². The van der Waals surface area contributed by atoms with Crippen molar-refractivity contribution in [3.8, 4) is 11.1 Å². The summed E-state index contributed by atoms with van der Waals surface area (Å²) in [6, 6.07) is 16.1. The van der Waals surface area contributed by atoms with Crippen LogP contribution in [0.25, 0.3) is 11.1 Å². The van der Waals surface area contributed by atoms with E-state index in [1.807, 2.05) is 36.4 Å². The average Bonchev–Trinajstić information content (AvgIpc) is 3.38. The summed E-state index contributed by atoms with van der Waals surface area (Å²) >= 11 is 1.08. The second kappa shape index (κ2) is 9.19. The standard InChI is InChI=1S/C23H21N3O5S/c1-13(21(28)29)10-24-20(27)19-12-32-22(25-19)26-23(30)31-11-18-16-8-4-2-6-14(16)15-7-3-5-9-17(15)18/h2-9,12-13,18H,10-11H2,1H3,(H,24,27)(H,28,29)(H,25,26,30). The zero-order valence-electron chi connectivity index (χ0n) is 17.2. The molecule has 1 atom stereocenters. The van der Waals surface area contributed by atoms with Crippen LogP contribution in [0.5, 0.6) is 0 Å². The summed E-state index contributed by atoms with van der Waals surface area (Å²) in [6.07, 6.45) is -0.660. The van der Waals surface area contributed by atoms with E-state index in [-0.39, 0.29) is 29.9 Å². The smallest absolute Gasteiger partial charge is 0.413 e. The van der Waals surface area contributed by atoms with Crippen molar-refractivity contribution in [2.45, 2.75) is 12.8 Å². The van der Waals surface area contributed by atoms with E-state index in [1.54, 1.807) is 0 Å². The van der Waals surface area contributed by atoms with Gasteiger partial charge in [-0.25, -0.2) is 9.78 Å². The average molecular weight is 452 g/mol. The topological polar surface area (TPSA) is 118 Å². The fourth-order valence-electron chi connectivity index (χ4n) is 3.58. The molecule has 2 aromatic carbocycles. The number of amides is 2. The highest BCUT2D eigenvalue weighted by Crippen LogP contribution is 2.44.